The van der Waals surface area contributed by atoms with E-state index in [2.05, 4.69) is 0 Å². The fourth-order valence-corrected chi connectivity index (χ4v) is 3.08. The molecular weight excluding hydrogens is 262 g/mol. The maximum absolute atomic E-state index is 11.8. The largest absolute Gasteiger partial charge is 0.419 e. The number of oxazole rings is 1. The summed E-state index contributed by atoms with van der Waals surface area (Å²) in [6.45, 7) is 2.74. The average Bonchev–Trinajstić information content (AvgIpc) is 2.63. The molecule has 3 rings (SSSR count). The molecular formula is C15H18ClNO2. The molecule has 4 heteroatoms. The summed E-state index contributed by atoms with van der Waals surface area (Å²) in [6.07, 6.45) is 4.59. The van der Waals surface area contributed by atoms with Crippen LogP contribution in [0.2, 0.25) is 0 Å². The number of aryl methyl sites for hydroxylation is 1. The summed E-state index contributed by atoms with van der Waals surface area (Å²) < 4.78 is 7.01. The number of fused-ring (bicyclic) bond motifs is 1. The van der Waals surface area contributed by atoms with Crippen LogP contribution in [0.1, 0.15) is 43.5 Å². The maximum atomic E-state index is 11.8. The molecule has 0 spiro atoms. The van der Waals surface area contributed by atoms with Gasteiger partial charge in [0.15, 0.2) is 5.58 Å². The summed E-state index contributed by atoms with van der Waals surface area (Å²) in [4.78, 5) is 11.8. The van der Waals surface area contributed by atoms with Gasteiger partial charge in [-0.25, -0.2) is 4.79 Å². The number of hydrogen-bond donors (Lipinski definition) is 0. The molecule has 0 radical (unpaired) electrons. The Morgan fingerprint density at radius 3 is 2.89 bits per heavy atom. The van der Waals surface area contributed by atoms with Crippen LogP contribution in [0, 0.1) is 5.92 Å². The van der Waals surface area contributed by atoms with E-state index < -0.39 is 0 Å². The highest BCUT2D eigenvalue weighted by atomic mass is 35.5. The molecule has 0 N–H and O–H groups in total. The van der Waals surface area contributed by atoms with Crippen molar-refractivity contribution < 1.29 is 4.42 Å². The molecule has 1 aromatic carbocycles. The second-order valence-electron chi connectivity index (χ2n) is 5.34. The van der Waals surface area contributed by atoms with Crippen molar-refractivity contribution in [2.45, 2.75) is 44.5 Å². The number of aromatic nitrogens is 1. The van der Waals surface area contributed by atoms with E-state index in [0.29, 0.717) is 18.0 Å². The summed E-state index contributed by atoms with van der Waals surface area (Å²) in [5.74, 6) is 0.298. The van der Waals surface area contributed by atoms with Crippen LogP contribution in [0.15, 0.2) is 27.4 Å². The summed E-state index contributed by atoms with van der Waals surface area (Å²) >= 11 is 6.49. The van der Waals surface area contributed by atoms with Crippen LogP contribution in [0.4, 0.5) is 0 Å². The third kappa shape index (κ3) is 2.20. The van der Waals surface area contributed by atoms with E-state index in [-0.39, 0.29) is 11.1 Å². The lowest BCUT2D eigenvalue weighted by Gasteiger charge is -2.30. The minimum atomic E-state index is -0.274. The van der Waals surface area contributed by atoms with Crippen molar-refractivity contribution in [2.75, 3.05) is 0 Å². The lowest BCUT2D eigenvalue weighted by Crippen LogP contribution is -2.16. The Bertz CT molecular complexity index is 639. The highest BCUT2D eigenvalue weighted by Crippen LogP contribution is 2.42. The van der Waals surface area contributed by atoms with Crippen molar-refractivity contribution in [3.05, 3.63) is 34.3 Å². The SMILES string of the molecule is CCCn1c(=O)oc2cc(C(Cl)C3CCC3)ccc21. The van der Waals surface area contributed by atoms with Gasteiger partial charge in [-0.05, 0) is 42.9 Å². The number of halogens is 1. The van der Waals surface area contributed by atoms with Crippen LogP contribution in [-0.2, 0) is 6.54 Å². The number of alkyl halides is 1. The van der Waals surface area contributed by atoms with Crippen molar-refractivity contribution in [3.63, 3.8) is 0 Å². The standard InChI is InChI=1S/C15H18ClNO2/c1-2-8-17-12-7-6-11(9-13(12)19-15(17)18)14(16)10-4-3-5-10/h6-7,9-10,14H,2-5,8H2,1H3. The third-order valence-corrected chi connectivity index (χ3v) is 4.63. The van der Waals surface area contributed by atoms with Crippen LogP contribution in [0.5, 0.6) is 0 Å². The zero-order chi connectivity index (χ0) is 13.4. The van der Waals surface area contributed by atoms with Crippen LogP contribution in [-0.4, -0.2) is 4.57 Å². The number of benzene rings is 1. The molecule has 1 saturated carbocycles. The zero-order valence-electron chi connectivity index (χ0n) is 11.1. The van der Waals surface area contributed by atoms with E-state index >= 15 is 0 Å². The molecule has 0 saturated heterocycles. The van der Waals surface area contributed by atoms with Crippen LogP contribution in [0.3, 0.4) is 0 Å². The fourth-order valence-electron chi connectivity index (χ4n) is 2.69. The Hall–Kier alpha value is -1.22. The van der Waals surface area contributed by atoms with E-state index in [1.165, 1.54) is 19.3 Å². The van der Waals surface area contributed by atoms with E-state index in [4.69, 9.17) is 16.0 Å². The van der Waals surface area contributed by atoms with Crippen molar-refractivity contribution in [1.82, 2.24) is 4.57 Å². The molecule has 1 fully saturated rings. The Labute approximate surface area is 117 Å². The Morgan fingerprint density at radius 1 is 1.47 bits per heavy atom. The van der Waals surface area contributed by atoms with Gasteiger partial charge in [-0.1, -0.05) is 19.4 Å². The van der Waals surface area contributed by atoms with Gasteiger partial charge in [0.05, 0.1) is 10.9 Å². The van der Waals surface area contributed by atoms with Gasteiger partial charge in [0.2, 0.25) is 0 Å². The normalized spacial score (nSPS) is 17.6. The Kier molecular flexibility index (Phi) is 3.40. The summed E-state index contributed by atoms with van der Waals surface area (Å²) in [7, 11) is 0. The van der Waals surface area contributed by atoms with E-state index in [1.807, 2.05) is 25.1 Å². The first-order chi connectivity index (χ1) is 9.20. The van der Waals surface area contributed by atoms with Gasteiger partial charge >= 0.3 is 5.76 Å². The highest BCUT2D eigenvalue weighted by Gasteiger charge is 2.27. The fraction of sp³-hybridized carbons (Fsp3) is 0.533. The number of rotatable bonds is 4. The summed E-state index contributed by atoms with van der Waals surface area (Å²) in [6, 6.07) is 5.91. The molecule has 3 nitrogen and oxygen atoms in total. The minimum absolute atomic E-state index is 0.0398. The van der Waals surface area contributed by atoms with E-state index in [0.717, 1.165) is 17.5 Å². The van der Waals surface area contributed by atoms with Gasteiger partial charge < -0.3 is 4.42 Å². The lowest BCUT2D eigenvalue weighted by atomic mass is 9.80. The zero-order valence-corrected chi connectivity index (χ0v) is 11.8. The number of hydrogen-bond acceptors (Lipinski definition) is 2. The van der Waals surface area contributed by atoms with Gasteiger partial charge in [-0.2, -0.15) is 0 Å². The van der Waals surface area contributed by atoms with E-state index in [9.17, 15) is 4.79 Å². The van der Waals surface area contributed by atoms with Gasteiger partial charge in [-0.3, -0.25) is 4.57 Å². The lowest BCUT2D eigenvalue weighted by molar-refractivity contribution is 0.305. The quantitative estimate of drug-likeness (QED) is 0.790. The molecule has 1 aliphatic rings. The molecule has 1 aliphatic carbocycles. The van der Waals surface area contributed by atoms with Gasteiger partial charge in [-0.15, -0.1) is 11.6 Å². The molecule has 1 heterocycles. The highest BCUT2D eigenvalue weighted by molar-refractivity contribution is 6.21. The first-order valence-corrected chi connectivity index (χ1v) is 7.41. The maximum Gasteiger partial charge on any atom is 0.419 e. The molecule has 2 aromatic rings. The molecule has 1 aromatic heterocycles. The molecule has 1 atom stereocenters. The van der Waals surface area contributed by atoms with E-state index in [1.54, 1.807) is 4.57 Å². The first kappa shape index (κ1) is 12.8. The van der Waals surface area contributed by atoms with Crippen molar-refractivity contribution >= 4 is 22.7 Å². The van der Waals surface area contributed by atoms with Gasteiger partial charge in [0.1, 0.15) is 0 Å². The smallest absolute Gasteiger partial charge is 0.408 e. The molecule has 1 unspecified atom stereocenters. The van der Waals surface area contributed by atoms with Crippen LogP contribution >= 0.6 is 11.6 Å². The molecule has 0 bridgehead atoms. The Morgan fingerprint density at radius 2 is 2.26 bits per heavy atom. The Balaban J connectivity index is 1.99. The van der Waals surface area contributed by atoms with Gasteiger partial charge in [0, 0.05) is 6.54 Å². The number of nitrogens with zero attached hydrogens (tertiary/aromatic N) is 1. The summed E-state index contributed by atoms with van der Waals surface area (Å²) in [5.41, 5.74) is 2.59. The predicted molar refractivity (Wildman–Crippen MR) is 76.7 cm³/mol. The summed E-state index contributed by atoms with van der Waals surface area (Å²) in [5, 5.41) is 0.0398. The molecule has 0 amide bonds. The molecule has 102 valence electrons. The molecule has 0 aliphatic heterocycles. The van der Waals surface area contributed by atoms with Gasteiger partial charge in [0.25, 0.3) is 0 Å². The predicted octanol–water partition coefficient (Wildman–Crippen LogP) is 4.08. The second kappa shape index (κ2) is 5.04. The minimum Gasteiger partial charge on any atom is -0.408 e. The monoisotopic (exact) mass is 279 g/mol. The van der Waals surface area contributed by atoms with Crippen molar-refractivity contribution in [1.29, 1.82) is 0 Å². The van der Waals surface area contributed by atoms with Crippen LogP contribution < -0.4 is 5.76 Å². The average molecular weight is 280 g/mol. The first-order valence-electron chi connectivity index (χ1n) is 6.98. The van der Waals surface area contributed by atoms with Crippen molar-refractivity contribution in [2.24, 2.45) is 5.92 Å². The molecule has 19 heavy (non-hydrogen) atoms. The van der Waals surface area contributed by atoms with Crippen LogP contribution in [0.25, 0.3) is 11.1 Å². The third-order valence-electron chi connectivity index (χ3n) is 4.02. The topological polar surface area (TPSA) is 35.1 Å². The second-order valence-corrected chi connectivity index (χ2v) is 5.81. The van der Waals surface area contributed by atoms with Crippen molar-refractivity contribution in [3.8, 4) is 0 Å².